The van der Waals surface area contributed by atoms with E-state index in [2.05, 4.69) is 156 Å². The van der Waals surface area contributed by atoms with Crippen LogP contribution in [0.1, 0.15) is 0 Å². The topological polar surface area (TPSA) is 68.9 Å². The Morgan fingerprint density at radius 1 is 0.442 bits per heavy atom. The van der Waals surface area contributed by atoms with Gasteiger partial charge in [-0.3, -0.25) is 4.40 Å². The van der Waals surface area contributed by atoms with E-state index in [1.165, 1.54) is 4.70 Å². The van der Waals surface area contributed by atoms with Crippen molar-refractivity contribution in [3.8, 4) is 45.4 Å². The molecule has 0 spiro atoms. The van der Waals surface area contributed by atoms with Crippen LogP contribution in [0.15, 0.2) is 158 Å². The minimum absolute atomic E-state index is 0.596. The van der Waals surface area contributed by atoms with E-state index in [-0.39, 0.29) is 0 Å². The molecule has 0 bridgehead atoms. The van der Waals surface area contributed by atoms with Gasteiger partial charge in [-0.2, -0.15) is 0 Å². The third-order valence-electron chi connectivity index (χ3n) is 9.86. The summed E-state index contributed by atoms with van der Waals surface area (Å²) >= 11 is 1.70. The van der Waals surface area contributed by atoms with Crippen LogP contribution >= 0.6 is 11.3 Å². The van der Waals surface area contributed by atoms with E-state index in [1.807, 2.05) is 6.07 Å². The Labute approximate surface area is 301 Å². The first-order chi connectivity index (χ1) is 25.8. The summed E-state index contributed by atoms with van der Waals surface area (Å²) in [7, 11) is 0. The van der Waals surface area contributed by atoms with Crippen LogP contribution in [0, 0.1) is 0 Å². The summed E-state index contributed by atoms with van der Waals surface area (Å²) in [4.78, 5) is 27.0. The number of pyridine rings is 1. The van der Waals surface area contributed by atoms with Crippen LogP contribution in [0.5, 0.6) is 0 Å². The molecule has 6 nitrogen and oxygen atoms in total. The fourth-order valence-corrected chi connectivity index (χ4v) is 8.49. The second kappa shape index (κ2) is 11.3. The Balaban J connectivity index is 1.17. The average Bonchev–Trinajstić information content (AvgIpc) is 3.77. The van der Waals surface area contributed by atoms with Crippen molar-refractivity contribution in [2.45, 2.75) is 0 Å². The van der Waals surface area contributed by atoms with Gasteiger partial charge in [0.15, 0.2) is 22.4 Å². The van der Waals surface area contributed by atoms with Crippen LogP contribution in [-0.4, -0.2) is 29.3 Å². The first-order valence-corrected chi connectivity index (χ1v) is 18.0. The maximum Gasteiger partial charge on any atom is 0.195 e. The summed E-state index contributed by atoms with van der Waals surface area (Å²) < 4.78 is 3.45. The first-order valence-electron chi connectivity index (χ1n) is 17.2. The lowest BCUT2D eigenvalue weighted by molar-refractivity contribution is 1.08. The molecule has 0 aliphatic rings. The first kappa shape index (κ1) is 29.0. The minimum atomic E-state index is 0.596. The molecule has 4 heterocycles. The van der Waals surface area contributed by atoms with Crippen LogP contribution in [0.4, 0.5) is 0 Å². The number of nitrogens with zero attached hydrogens (tertiary/aromatic N) is 6. The van der Waals surface area contributed by atoms with Crippen LogP contribution in [0.25, 0.3) is 104 Å². The van der Waals surface area contributed by atoms with Gasteiger partial charge in [-0.05, 0) is 45.8 Å². The number of benzene rings is 7. The zero-order chi connectivity index (χ0) is 34.2. The number of fused-ring (bicyclic) bond motifs is 9. The van der Waals surface area contributed by atoms with Crippen molar-refractivity contribution in [1.82, 2.24) is 29.3 Å². The van der Waals surface area contributed by atoms with E-state index in [9.17, 15) is 0 Å². The molecule has 0 aliphatic carbocycles. The summed E-state index contributed by atoms with van der Waals surface area (Å²) in [5, 5.41) is 5.49. The Hall–Kier alpha value is -6.83. The van der Waals surface area contributed by atoms with Gasteiger partial charge in [0.2, 0.25) is 0 Å². The number of hydrogen-bond donors (Lipinski definition) is 0. The van der Waals surface area contributed by atoms with Gasteiger partial charge in [-0.25, -0.2) is 24.9 Å². The molecular weight excluding hydrogens is 657 g/mol. The van der Waals surface area contributed by atoms with Gasteiger partial charge in [-0.15, -0.1) is 0 Å². The maximum atomic E-state index is 5.31. The molecule has 7 aromatic carbocycles. The lowest BCUT2D eigenvalue weighted by Crippen LogP contribution is -2.01. The Morgan fingerprint density at radius 2 is 1.02 bits per heavy atom. The summed E-state index contributed by atoms with van der Waals surface area (Å²) in [5.41, 5.74) is 8.59. The number of rotatable bonds is 4. The average molecular weight is 683 g/mol. The Kier molecular flexibility index (Phi) is 6.32. The second-order valence-electron chi connectivity index (χ2n) is 12.9. The predicted molar refractivity (Wildman–Crippen MR) is 214 cm³/mol. The predicted octanol–water partition coefficient (Wildman–Crippen LogP) is 11.4. The van der Waals surface area contributed by atoms with Crippen molar-refractivity contribution in [2.24, 2.45) is 0 Å². The van der Waals surface area contributed by atoms with Gasteiger partial charge >= 0.3 is 0 Å². The normalized spacial score (nSPS) is 11.8. The molecule has 0 fully saturated rings. The van der Waals surface area contributed by atoms with Gasteiger partial charge < -0.3 is 0 Å². The lowest BCUT2D eigenvalue weighted by Gasteiger charge is -2.12. The van der Waals surface area contributed by atoms with Gasteiger partial charge in [0.1, 0.15) is 11.0 Å². The van der Waals surface area contributed by atoms with Gasteiger partial charge in [0.25, 0.3) is 0 Å². The van der Waals surface area contributed by atoms with E-state index in [1.54, 1.807) is 11.3 Å². The highest BCUT2D eigenvalue weighted by Gasteiger charge is 2.21. The van der Waals surface area contributed by atoms with Gasteiger partial charge in [0.05, 0.1) is 21.4 Å². The molecule has 11 rings (SSSR count). The molecule has 11 aromatic rings. The van der Waals surface area contributed by atoms with E-state index in [0.717, 1.165) is 81.9 Å². The molecular formula is C45H26N6S. The molecule has 0 unspecified atom stereocenters. The third-order valence-corrected chi connectivity index (χ3v) is 10.9. The molecule has 0 N–H and O–H groups in total. The minimum Gasteiger partial charge on any atom is -0.281 e. The van der Waals surface area contributed by atoms with E-state index < -0.39 is 0 Å². The molecule has 52 heavy (non-hydrogen) atoms. The van der Waals surface area contributed by atoms with Crippen molar-refractivity contribution in [1.29, 1.82) is 0 Å². The fraction of sp³-hybridized carbons (Fsp3) is 0. The van der Waals surface area contributed by atoms with Crippen molar-refractivity contribution in [2.75, 3.05) is 0 Å². The van der Waals surface area contributed by atoms with Crippen LogP contribution in [0.3, 0.4) is 0 Å². The summed E-state index contributed by atoms with van der Waals surface area (Å²) in [6.45, 7) is 0. The molecule has 4 aromatic heterocycles. The van der Waals surface area contributed by atoms with Gasteiger partial charge in [-0.1, -0.05) is 145 Å². The smallest absolute Gasteiger partial charge is 0.195 e. The highest BCUT2D eigenvalue weighted by Crippen LogP contribution is 2.39. The Morgan fingerprint density at radius 3 is 1.77 bits per heavy atom. The quantitative estimate of drug-likeness (QED) is 0.185. The monoisotopic (exact) mass is 682 g/mol. The number of thiazole rings is 1. The highest BCUT2D eigenvalue weighted by molar-refractivity contribution is 7.23. The molecule has 0 saturated heterocycles. The number of aromatic nitrogens is 6. The van der Waals surface area contributed by atoms with Crippen LogP contribution in [-0.2, 0) is 0 Å². The van der Waals surface area contributed by atoms with Crippen LogP contribution < -0.4 is 0 Å². The summed E-state index contributed by atoms with van der Waals surface area (Å²) in [6.07, 6.45) is 0. The van der Waals surface area contributed by atoms with E-state index >= 15 is 0 Å². The molecule has 0 amide bonds. The molecule has 242 valence electrons. The van der Waals surface area contributed by atoms with Crippen molar-refractivity contribution >= 4 is 70.0 Å². The zero-order valence-corrected chi connectivity index (χ0v) is 28.4. The second-order valence-corrected chi connectivity index (χ2v) is 13.9. The molecule has 0 saturated carbocycles. The van der Waals surface area contributed by atoms with E-state index in [4.69, 9.17) is 24.9 Å². The Bertz CT molecular complexity index is 3100. The van der Waals surface area contributed by atoms with Crippen molar-refractivity contribution < 1.29 is 0 Å². The van der Waals surface area contributed by atoms with Crippen LogP contribution in [0.2, 0.25) is 0 Å². The van der Waals surface area contributed by atoms with E-state index in [0.29, 0.717) is 17.5 Å². The zero-order valence-electron chi connectivity index (χ0n) is 27.6. The molecule has 0 radical (unpaired) electrons. The fourth-order valence-electron chi connectivity index (χ4n) is 7.46. The largest absolute Gasteiger partial charge is 0.281 e. The standard InChI is InChI=1S/C45H26N6S/c1-3-18-31-27(12-1)14-10-21-33(31)43-48-42(49-44(50-43)34-22-11-15-28-13-2-4-19-32(28)34)30-17-9-16-29(26-30)39-41-40(35-20-5-6-23-36(35)46-39)47-45-51(41)37-24-7-8-25-38(37)52-45/h1-26H. The summed E-state index contributed by atoms with van der Waals surface area (Å²) in [5.74, 6) is 1.85. The molecule has 7 heteroatoms. The number of para-hydroxylation sites is 2. The number of hydrogen-bond acceptors (Lipinski definition) is 6. The third kappa shape index (κ3) is 4.46. The maximum absolute atomic E-state index is 5.31. The molecule has 0 aliphatic heterocycles. The molecule has 0 atom stereocenters. The SMILES string of the molecule is c1cc(-c2nc(-c3cccc4ccccc34)nc(-c3cccc4ccccc34)n2)cc(-c2nc3ccccc3c3nc4sc5ccccc5n4c23)c1. The lowest BCUT2D eigenvalue weighted by atomic mass is 10.0. The van der Waals surface area contributed by atoms with Gasteiger partial charge in [0, 0.05) is 27.6 Å². The van der Waals surface area contributed by atoms with Crippen molar-refractivity contribution in [3.05, 3.63) is 158 Å². The highest BCUT2D eigenvalue weighted by atomic mass is 32.1. The van der Waals surface area contributed by atoms with Crippen molar-refractivity contribution in [3.63, 3.8) is 0 Å². The number of imidazole rings is 1. The summed E-state index contributed by atoms with van der Waals surface area (Å²) in [6, 6.07) is 54.4.